The van der Waals surface area contributed by atoms with E-state index in [-0.39, 0.29) is 11.7 Å². The van der Waals surface area contributed by atoms with Crippen molar-refractivity contribution in [2.24, 2.45) is 0 Å². The number of esters is 1. The summed E-state index contributed by atoms with van der Waals surface area (Å²) >= 11 is 0. The highest BCUT2D eigenvalue weighted by Crippen LogP contribution is 2.20. The minimum Gasteiger partial charge on any atom is -0.454 e. The maximum absolute atomic E-state index is 11.6. The van der Waals surface area contributed by atoms with Crippen molar-refractivity contribution >= 4 is 5.97 Å². The van der Waals surface area contributed by atoms with Crippen LogP contribution in [0.25, 0.3) is 0 Å². The lowest BCUT2D eigenvalue weighted by atomic mass is 10.0. The van der Waals surface area contributed by atoms with Crippen molar-refractivity contribution in [2.45, 2.75) is 32.3 Å². The van der Waals surface area contributed by atoms with Gasteiger partial charge in [-0.2, -0.15) is 0 Å². The fourth-order valence-electron chi connectivity index (χ4n) is 1.36. The second kappa shape index (κ2) is 3.90. The van der Waals surface area contributed by atoms with Crippen molar-refractivity contribution in [3.63, 3.8) is 0 Å². The first kappa shape index (κ1) is 11.1. The molecular weight excluding hydrogens is 208 g/mol. The molecule has 1 aromatic rings. The van der Waals surface area contributed by atoms with Crippen molar-refractivity contribution in [1.82, 2.24) is 10.3 Å². The molecule has 5 heteroatoms. The molecule has 0 bridgehead atoms. The average Bonchev–Trinajstić information content (AvgIpc) is 2.46. The molecule has 0 spiro atoms. The van der Waals surface area contributed by atoms with Gasteiger partial charge in [0.15, 0.2) is 0 Å². The third-order valence-electron chi connectivity index (χ3n) is 2.25. The number of nitrogens with zero attached hydrogens (tertiary/aromatic N) is 1. The minimum absolute atomic E-state index is 0.178. The van der Waals surface area contributed by atoms with E-state index in [2.05, 4.69) is 10.3 Å². The third-order valence-corrected chi connectivity index (χ3v) is 2.25. The summed E-state index contributed by atoms with van der Waals surface area (Å²) in [5.74, 6) is 0.617. The maximum atomic E-state index is 11.6. The number of nitrogens with one attached hydrogen (secondary N) is 1. The molecule has 0 aromatic carbocycles. The molecule has 0 saturated carbocycles. The van der Waals surface area contributed by atoms with Gasteiger partial charge in [0.1, 0.15) is 5.60 Å². The Labute approximate surface area is 94.2 Å². The van der Waals surface area contributed by atoms with Gasteiger partial charge < -0.3 is 14.5 Å². The number of ether oxygens (including phenoxy) is 1. The second-order valence-electron chi connectivity index (χ2n) is 4.92. The summed E-state index contributed by atoms with van der Waals surface area (Å²) in [6.45, 7) is 7.16. The van der Waals surface area contributed by atoms with E-state index in [1.165, 1.54) is 6.20 Å². The van der Waals surface area contributed by atoms with Crippen LogP contribution in [0.5, 0.6) is 0 Å². The predicted molar refractivity (Wildman–Crippen MR) is 57.3 cm³/mol. The molecule has 0 atom stereocenters. The zero-order valence-corrected chi connectivity index (χ0v) is 9.74. The molecular formula is C11H16N2O3. The van der Waals surface area contributed by atoms with Gasteiger partial charge in [-0.1, -0.05) is 0 Å². The van der Waals surface area contributed by atoms with Crippen molar-refractivity contribution in [3.05, 3.63) is 17.8 Å². The van der Waals surface area contributed by atoms with Gasteiger partial charge in [-0.05, 0) is 20.8 Å². The van der Waals surface area contributed by atoms with Crippen LogP contribution in [0.3, 0.4) is 0 Å². The van der Waals surface area contributed by atoms with Gasteiger partial charge >= 0.3 is 5.97 Å². The van der Waals surface area contributed by atoms with E-state index in [4.69, 9.17) is 9.15 Å². The van der Waals surface area contributed by atoms with Crippen LogP contribution < -0.4 is 5.32 Å². The van der Waals surface area contributed by atoms with Crippen LogP contribution in [0.2, 0.25) is 0 Å². The van der Waals surface area contributed by atoms with Gasteiger partial charge in [-0.15, -0.1) is 0 Å². The molecule has 5 nitrogen and oxygen atoms in total. The highest BCUT2D eigenvalue weighted by Gasteiger charge is 2.27. The van der Waals surface area contributed by atoms with Gasteiger partial charge in [0.05, 0.1) is 12.1 Å². The zero-order valence-electron chi connectivity index (χ0n) is 9.74. The smallest absolute Gasteiger partial charge is 0.376 e. The first-order valence-corrected chi connectivity index (χ1v) is 5.35. The summed E-state index contributed by atoms with van der Waals surface area (Å²) in [5, 5.41) is 3.12. The van der Waals surface area contributed by atoms with E-state index in [0.29, 0.717) is 5.89 Å². The predicted octanol–water partition coefficient (Wildman–Crippen LogP) is 1.32. The molecule has 16 heavy (non-hydrogen) atoms. The summed E-state index contributed by atoms with van der Waals surface area (Å²) in [4.78, 5) is 15.7. The summed E-state index contributed by atoms with van der Waals surface area (Å²) in [6, 6.07) is 0. The molecule has 0 unspecified atom stereocenters. The van der Waals surface area contributed by atoms with Crippen molar-refractivity contribution in [1.29, 1.82) is 0 Å². The molecule has 1 N–H and O–H groups in total. The Morgan fingerprint density at radius 2 is 2.25 bits per heavy atom. The Hall–Kier alpha value is -1.36. The molecule has 0 amide bonds. The number of hydrogen-bond donors (Lipinski definition) is 1. The zero-order chi connectivity index (χ0) is 11.8. The molecule has 1 fully saturated rings. The van der Waals surface area contributed by atoms with Crippen molar-refractivity contribution in [3.8, 4) is 0 Å². The van der Waals surface area contributed by atoms with E-state index in [0.717, 1.165) is 13.1 Å². The quantitative estimate of drug-likeness (QED) is 0.767. The van der Waals surface area contributed by atoms with Gasteiger partial charge in [0.25, 0.3) is 0 Å². The van der Waals surface area contributed by atoms with Gasteiger partial charge in [-0.3, -0.25) is 0 Å². The summed E-state index contributed by atoms with van der Waals surface area (Å²) in [7, 11) is 0. The molecule has 1 aliphatic rings. The molecule has 1 aliphatic heterocycles. The van der Waals surface area contributed by atoms with E-state index in [1.54, 1.807) is 0 Å². The molecule has 1 aromatic heterocycles. The number of aromatic nitrogens is 1. The highest BCUT2D eigenvalue weighted by atomic mass is 16.6. The lowest BCUT2D eigenvalue weighted by molar-refractivity contribution is 0.00334. The number of carbonyl (C=O) groups excluding carboxylic acids is 1. The molecule has 0 aliphatic carbocycles. The Morgan fingerprint density at radius 3 is 2.75 bits per heavy atom. The van der Waals surface area contributed by atoms with Crippen molar-refractivity contribution in [2.75, 3.05) is 13.1 Å². The van der Waals surface area contributed by atoms with Crippen LogP contribution in [0.15, 0.2) is 10.6 Å². The molecule has 88 valence electrons. The monoisotopic (exact) mass is 224 g/mol. The lowest BCUT2D eigenvalue weighted by Gasteiger charge is -2.23. The number of hydrogen-bond acceptors (Lipinski definition) is 5. The highest BCUT2D eigenvalue weighted by molar-refractivity contribution is 5.86. The van der Waals surface area contributed by atoms with Gasteiger partial charge in [-0.25, -0.2) is 9.78 Å². The van der Waals surface area contributed by atoms with Crippen LogP contribution in [0.4, 0.5) is 0 Å². The lowest BCUT2D eigenvalue weighted by Crippen LogP contribution is -2.40. The largest absolute Gasteiger partial charge is 0.454 e. The van der Waals surface area contributed by atoms with Crippen LogP contribution in [-0.4, -0.2) is 29.6 Å². The molecule has 0 radical (unpaired) electrons. The standard InChI is InChI=1S/C11H16N2O3/c1-11(2,3)16-10(14)8-6-13-9(15-8)7-4-12-5-7/h6-7,12H,4-5H2,1-3H3. The van der Waals surface area contributed by atoms with Crippen molar-refractivity contribution < 1.29 is 13.9 Å². The summed E-state index contributed by atoms with van der Waals surface area (Å²) in [6.07, 6.45) is 1.43. The average molecular weight is 224 g/mol. The van der Waals surface area contributed by atoms with Crippen LogP contribution >= 0.6 is 0 Å². The SMILES string of the molecule is CC(C)(C)OC(=O)c1cnc(C2CNC2)o1. The number of rotatable bonds is 2. The summed E-state index contributed by atoms with van der Waals surface area (Å²) < 4.78 is 10.5. The molecule has 2 rings (SSSR count). The van der Waals surface area contributed by atoms with E-state index in [9.17, 15) is 4.79 Å². The topological polar surface area (TPSA) is 64.4 Å². The fourth-order valence-corrected chi connectivity index (χ4v) is 1.36. The van der Waals surface area contributed by atoms with Gasteiger partial charge in [0.2, 0.25) is 11.7 Å². The van der Waals surface area contributed by atoms with E-state index in [1.807, 2.05) is 20.8 Å². The van der Waals surface area contributed by atoms with Crippen LogP contribution in [0, 0.1) is 0 Å². The molecule has 1 saturated heterocycles. The maximum Gasteiger partial charge on any atom is 0.376 e. The Morgan fingerprint density at radius 1 is 1.56 bits per heavy atom. The number of oxazole rings is 1. The van der Waals surface area contributed by atoms with E-state index >= 15 is 0 Å². The normalized spacial score (nSPS) is 16.9. The van der Waals surface area contributed by atoms with Gasteiger partial charge in [0, 0.05) is 13.1 Å². The number of carbonyl (C=O) groups is 1. The minimum atomic E-state index is -0.512. The summed E-state index contributed by atoms with van der Waals surface area (Å²) in [5.41, 5.74) is -0.512. The third kappa shape index (κ3) is 2.41. The fraction of sp³-hybridized carbons (Fsp3) is 0.636. The molecule has 2 heterocycles. The van der Waals surface area contributed by atoms with Crippen LogP contribution in [0.1, 0.15) is 43.1 Å². The van der Waals surface area contributed by atoms with E-state index < -0.39 is 11.6 Å². The first-order chi connectivity index (χ1) is 7.46. The Bertz CT molecular complexity index is 388. The second-order valence-corrected chi connectivity index (χ2v) is 4.92. The first-order valence-electron chi connectivity index (χ1n) is 5.35. The Balaban J connectivity index is 2.03. The van der Waals surface area contributed by atoms with Crippen LogP contribution in [-0.2, 0) is 4.74 Å². The Kier molecular flexibility index (Phi) is 2.71.